The molecule has 0 amide bonds. The van der Waals surface area contributed by atoms with Crippen LogP contribution in [0.15, 0.2) is 0 Å². The van der Waals surface area contributed by atoms with Gasteiger partial charge in [0.15, 0.2) is 8.03 Å². The Hall–Kier alpha value is 0.0700. The van der Waals surface area contributed by atoms with E-state index < -0.39 is 8.03 Å². The van der Waals surface area contributed by atoms with E-state index in [0.29, 0.717) is 32.6 Å². The summed E-state index contributed by atoms with van der Waals surface area (Å²) < 4.78 is 35.4. The second kappa shape index (κ2) is 13.4. The van der Waals surface area contributed by atoms with Gasteiger partial charge in [-0.1, -0.05) is 40.0 Å². The molecule has 0 aromatic heterocycles. The smallest absolute Gasteiger partial charge is 0.194 e. The molecule has 0 radical (unpaired) electrons. The molecule has 0 aliphatic carbocycles. The maximum absolute atomic E-state index is 12.1. The van der Waals surface area contributed by atoms with Crippen molar-refractivity contribution in [3.8, 4) is 0 Å². The second-order valence-electron chi connectivity index (χ2n) is 6.11. The highest BCUT2D eigenvalue weighted by atomic mass is 31.1. The summed E-state index contributed by atoms with van der Waals surface area (Å²) in [6.07, 6.45) is 6.18. The molecule has 1 aliphatic rings. The van der Waals surface area contributed by atoms with Gasteiger partial charge in [0.25, 0.3) is 0 Å². The van der Waals surface area contributed by atoms with Gasteiger partial charge in [-0.3, -0.25) is 4.57 Å². The van der Waals surface area contributed by atoms with Crippen LogP contribution in [0.3, 0.4) is 0 Å². The highest BCUT2D eigenvalue weighted by Gasteiger charge is 2.39. The summed E-state index contributed by atoms with van der Waals surface area (Å²) in [5.74, 6) is 0. The number of hydrogen-bond donors (Lipinski definition) is 0. The van der Waals surface area contributed by atoms with Gasteiger partial charge in [0.1, 0.15) is 12.2 Å². The molecule has 0 aromatic rings. The molecule has 0 saturated carbocycles. The Balaban J connectivity index is 2.58. The van der Waals surface area contributed by atoms with Crippen molar-refractivity contribution in [3.05, 3.63) is 0 Å². The van der Waals surface area contributed by atoms with Crippen molar-refractivity contribution in [2.45, 2.75) is 77.6 Å². The maximum Gasteiger partial charge on any atom is 0.194 e. The molecular weight excluding hydrogens is 315 g/mol. The van der Waals surface area contributed by atoms with E-state index in [1.54, 1.807) is 0 Å². The SMILES string of the molecule is CCCCOC[C@H]1O[PH](=O)C[C@@H](OCCCC)[C@@H]1OCCCC. The lowest BCUT2D eigenvalue weighted by Crippen LogP contribution is -2.49. The minimum absolute atomic E-state index is 0.140. The van der Waals surface area contributed by atoms with Crippen LogP contribution in [0.1, 0.15) is 59.3 Å². The third-order valence-corrected chi connectivity index (χ3v) is 5.25. The van der Waals surface area contributed by atoms with Gasteiger partial charge in [0, 0.05) is 19.8 Å². The number of ether oxygens (including phenoxy) is 3. The van der Waals surface area contributed by atoms with Gasteiger partial charge in [-0.25, -0.2) is 0 Å². The first-order chi connectivity index (χ1) is 11.2. The van der Waals surface area contributed by atoms with Gasteiger partial charge in [-0.15, -0.1) is 0 Å². The molecule has 23 heavy (non-hydrogen) atoms. The lowest BCUT2D eigenvalue weighted by Gasteiger charge is -2.37. The van der Waals surface area contributed by atoms with Crippen LogP contribution in [0.2, 0.25) is 0 Å². The Labute approximate surface area is 142 Å². The molecule has 1 heterocycles. The van der Waals surface area contributed by atoms with Crippen molar-refractivity contribution in [1.29, 1.82) is 0 Å². The van der Waals surface area contributed by atoms with Gasteiger partial charge in [0.2, 0.25) is 0 Å². The Bertz CT molecular complexity index is 313. The van der Waals surface area contributed by atoms with E-state index in [9.17, 15) is 4.57 Å². The van der Waals surface area contributed by atoms with E-state index in [0.717, 1.165) is 38.5 Å². The highest BCUT2D eigenvalue weighted by Crippen LogP contribution is 2.36. The van der Waals surface area contributed by atoms with Crippen molar-refractivity contribution >= 4 is 8.03 Å². The fourth-order valence-corrected chi connectivity index (χ4v) is 3.80. The zero-order chi connectivity index (χ0) is 16.9. The summed E-state index contributed by atoms with van der Waals surface area (Å²) in [6.45, 7) is 8.92. The first-order valence-corrected chi connectivity index (χ1v) is 10.8. The van der Waals surface area contributed by atoms with Crippen LogP contribution in [-0.2, 0) is 23.3 Å². The topological polar surface area (TPSA) is 54.0 Å². The van der Waals surface area contributed by atoms with Gasteiger partial charge < -0.3 is 18.7 Å². The summed E-state index contributed by atoms with van der Waals surface area (Å²) in [5, 5.41) is 0. The summed E-state index contributed by atoms with van der Waals surface area (Å²) in [7, 11) is -2.07. The molecule has 1 aliphatic heterocycles. The summed E-state index contributed by atoms with van der Waals surface area (Å²) >= 11 is 0. The molecule has 138 valence electrons. The van der Waals surface area contributed by atoms with E-state index in [2.05, 4.69) is 20.8 Å². The molecule has 0 N–H and O–H groups in total. The molecule has 1 unspecified atom stereocenters. The first kappa shape index (κ1) is 21.1. The van der Waals surface area contributed by atoms with Crippen molar-refractivity contribution in [3.63, 3.8) is 0 Å². The fourth-order valence-electron chi connectivity index (χ4n) is 2.49. The fraction of sp³-hybridized carbons (Fsp3) is 1.00. The highest BCUT2D eigenvalue weighted by molar-refractivity contribution is 7.39. The van der Waals surface area contributed by atoms with Crippen LogP contribution in [0.5, 0.6) is 0 Å². The Kier molecular flexibility index (Phi) is 12.3. The number of unbranched alkanes of at least 4 members (excludes halogenated alkanes) is 3. The Morgan fingerprint density at radius 3 is 2.22 bits per heavy atom. The van der Waals surface area contributed by atoms with E-state index in [-0.39, 0.29) is 18.3 Å². The number of hydrogen-bond acceptors (Lipinski definition) is 5. The molecule has 0 spiro atoms. The van der Waals surface area contributed by atoms with Crippen LogP contribution >= 0.6 is 8.03 Å². The summed E-state index contributed by atoms with van der Waals surface area (Å²) in [6, 6.07) is 0. The average Bonchev–Trinajstić information content (AvgIpc) is 2.54. The largest absolute Gasteiger partial charge is 0.379 e. The monoisotopic (exact) mass is 350 g/mol. The Morgan fingerprint density at radius 2 is 1.57 bits per heavy atom. The summed E-state index contributed by atoms with van der Waals surface area (Å²) in [4.78, 5) is 0. The minimum atomic E-state index is -2.07. The van der Waals surface area contributed by atoms with E-state index in [4.69, 9.17) is 18.7 Å². The molecule has 0 bridgehead atoms. The Morgan fingerprint density at radius 1 is 0.957 bits per heavy atom. The average molecular weight is 350 g/mol. The van der Waals surface area contributed by atoms with Crippen molar-refractivity contribution in [2.24, 2.45) is 0 Å². The third-order valence-electron chi connectivity index (χ3n) is 3.95. The standard InChI is InChI=1S/C17H35O5P/c1-4-7-10-19-13-15-17(21-12-9-6-3)16(14-23(18)22-15)20-11-8-5-2/h15-17,23H,4-14H2,1-3H3/t15-,16-,17-/m1/s1. The first-order valence-electron chi connectivity index (χ1n) is 9.23. The van der Waals surface area contributed by atoms with Crippen LogP contribution in [0, 0.1) is 0 Å². The van der Waals surface area contributed by atoms with Crippen molar-refractivity contribution in [2.75, 3.05) is 32.6 Å². The normalized spacial score (nSPS) is 28.1. The lowest BCUT2D eigenvalue weighted by atomic mass is 10.1. The van der Waals surface area contributed by atoms with Crippen LogP contribution in [-0.4, -0.2) is 50.9 Å². The molecule has 1 rings (SSSR count). The minimum Gasteiger partial charge on any atom is -0.379 e. The van der Waals surface area contributed by atoms with Crippen molar-refractivity contribution in [1.82, 2.24) is 0 Å². The summed E-state index contributed by atoms with van der Waals surface area (Å²) in [5.41, 5.74) is 0. The molecule has 6 heteroatoms. The molecule has 1 fully saturated rings. The number of rotatable bonds is 13. The molecular formula is C17H35O5P. The van der Waals surface area contributed by atoms with Gasteiger partial charge >= 0.3 is 0 Å². The van der Waals surface area contributed by atoms with Gasteiger partial charge in [-0.2, -0.15) is 0 Å². The predicted molar refractivity (Wildman–Crippen MR) is 93.8 cm³/mol. The zero-order valence-electron chi connectivity index (χ0n) is 15.1. The van der Waals surface area contributed by atoms with Crippen molar-refractivity contribution < 1.29 is 23.3 Å². The molecule has 4 atom stereocenters. The molecule has 5 nitrogen and oxygen atoms in total. The van der Waals surface area contributed by atoms with E-state index in [1.165, 1.54) is 0 Å². The van der Waals surface area contributed by atoms with E-state index >= 15 is 0 Å². The van der Waals surface area contributed by atoms with Gasteiger partial charge in [0.05, 0.1) is 18.9 Å². The zero-order valence-corrected chi connectivity index (χ0v) is 16.1. The molecule has 0 aromatic carbocycles. The van der Waals surface area contributed by atoms with Gasteiger partial charge in [-0.05, 0) is 19.3 Å². The quantitative estimate of drug-likeness (QED) is 0.370. The predicted octanol–water partition coefficient (Wildman–Crippen LogP) is 4.05. The van der Waals surface area contributed by atoms with Crippen LogP contribution in [0.25, 0.3) is 0 Å². The van der Waals surface area contributed by atoms with E-state index in [1.807, 2.05) is 0 Å². The van der Waals surface area contributed by atoms with Crippen LogP contribution in [0.4, 0.5) is 0 Å². The van der Waals surface area contributed by atoms with Crippen LogP contribution < -0.4 is 0 Å². The third kappa shape index (κ3) is 8.64. The second-order valence-corrected chi connectivity index (χ2v) is 7.50. The maximum atomic E-state index is 12.1. The molecule has 1 saturated heterocycles. The lowest BCUT2D eigenvalue weighted by molar-refractivity contribution is -0.133.